The van der Waals surface area contributed by atoms with Crippen LogP contribution in [0.2, 0.25) is 0 Å². The minimum atomic E-state index is 0.178. The molecule has 0 aliphatic carbocycles. The van der Waals surface area contributed by atoms with Crippen LogP contribution in [0.4, 0.5) is 0 Å². The smallest absolute Gasteiger partial charge is 0.0638 e. The Morgan fingerprint density at radius 2 is 1.83 bits per heavy atom. The molecule has 2 aromatic heterocycles. The fourth-order valence-electron chi connectivity index (χ4n) is 2.85. The highest BCUT2D eigenvalue weighted by Crippen LogP contribution is 2.21. The summed E-state index contributed by atoms with van der Waals surface area (Å²) in [5.74, 6) is 0. The van der Waals surface area contributed by atoms with Crippen LogP contribution in [0.1, 0.15) is 30.5 Å². The summed E-state index contributed by atoms with van der Waals surface area (Å²) in [5.41, 5.74) is 4.88. The molecule has 0 fully saturated rings. The maximum Gasteiger partial charge on any atom is 0.0638 e. The van der Waals surface area contributed by atoms with Gasteiger partial charge in [-0.15, -0.1) is 0 Å². The van der Waals surface area contributed by atoms with Crippen LogP contribution in [-0.2, 0) is 13.5 Å². The van der Waals surface area contributed by atoms with Gasteiger partial charge < -0.3 is 9.67 Å². The minimum absolute atomic E-state index is 0.178. The van der Waals surface area contributed by atoms with Crippen LogP contribution in [0, 0.1) is 0 Å². The van der Waals surface area contributed by atoms with Gasteiger partial charge in [0.05, 0.1) is 18.8 Å². The van der Waals surface area contributed by atoms with Crippen LogP contribution < -0.4 is 0 Å². The van der Waals surface area contributed by atoms with E-state index in [0.717, 1.165) is 18.4 Å². The molecule has 1 aromatic carbocycles. The van der Waals surface area contributed by atoms with Crippen molar-refractivity contribution >= 4 is 0 Å². The molecule has 4 nitrogen and oxygen atoms in total. The number of rotatable bonds is 6. The second-order valence-corrected chi connectivity index (χ2v) is 5.99. The van der Waals surface area contributed by atoms with Gasteiger partial charge in [-0.05, 0) is 35.6 Å². The monoisotopic (exact) mass is 309 g/mol. The van der Waals surface area contributed by atoms with Crippen LogP contribution in [0.5, 0.6) is 0 Å². The number of aliphatic hydroxyl groups excluding tert-OH is 1. The van der Waals surface area contributed by atoms with Crippen molar-refractivity contribution in [2.75, 3.05) is 6.61 Å². The molecule has 0 radical (unpaired) electrons. The highest BCUT2D eigenvalue weighted by Gasteiger charge is 2.08. The Bertz CT molecular complexity index is 751. The maximum atomic E-state index is 9.39. The molecule has 0 bridgehead atoms. The molecule has 3 aromatic rings. The Morgan fingerprint density at radius 3 is 2.43 bits per heavy atom. The largest absolute Gasteiger partial charge is 0.394 e. The van der Waals surface area contributed by atoms with Crippen molar-refractivity contribution in [2.24, 2.45) is 7.05 Å². The van der Waals surface area contributed by atoms with Crippen molar-refractivity contribution in [3.8, 4) is 11.1 Å². The summed E-state index contributed by atoms with van der Waals surface area (Å²) in [6.45, 7) is 2.28. The third-order valence-electron chi connectivity index (χ3n) is 4.28. The zero-order valence-electron chi connectivity index (χ0n) is 13.7. The van der Waals surface area contributed by atoms with Gasteiger partial charge in [-0.25, -0.2) is 0 Å². The highest BCUT2D eigenvalue weighted by atomic mass is 16.3. The molecule has 0 aliphatic rings. The van der Waals surface area contributed by atoms with E-state index in [1.54, 1.807) is 0 Å². The molecular weight excluding hydrogens is 286 g/mol. The summed E-state index contributed by atoms with van der Waals surface area (Å²) in [6, 6.07) is 10.9. The summed E-state index contributed by atoms with van der Waals surface area (Å²) in [6.07, 6.45) is 9.94. The second kappa shape index (κ2) is 6.84. The predicted molar refractivity (Wildman–Crippen MR) is 92.3 cm³/mol. The van der Waals surface area contributed by atoms with E-state index in [1.807, 2.05) is 24.1 Å². The Labute approximate surface area is 137 Å². The molecule has 0 spiro atoms. The zero-order valence-corrected chi connectivity index (χ0v) is 13.7. The van der Waals surface area contributed by atoms with Gasteiger partial charge in [-0.1, -0.05) is 31.2 Å². The maximum absolute atomic E-state index is 9.39. The first-order chi connectivity index (χ1) is 11.2. The van der Waals surface area contributed by atoms with Crippen LogP contribution >= 0.6 is 0 Å². The van der Waals surface area contributed by atoms with Gasteiger partial charge >= 0.3 is 0 Å². The Kier molecular flexibility index (Phi) is 4.63. The zero-order chi connectivity index (χ0) is 16.2. The molecule has 0 amide bonds. The lowest BCUT2D eigenvalue weighted by molar-refractivity contribution is 0.224. The summed E-state index contributed by atoms with van der Waals surface area (Å²) in [4.78, 5) is 0. The van der Waals surface area contributed by atoms with E-state index in [1.165, 1.54) is 16.7 Å². The van der Waals surface area contributed by atoms with Gasteiger partial charge in [-0.2, -0.15) is 5.10 Å². The lowest BCUT2D eigenvalue weighted by atomic mass is 10.0. The van der Waals surface area contributed by atoms with E-state index in [-0.39, 0.29) is 12.6 Å². The lowest BCUT2D eigenvalue weighted by Gasteiger charge is -2.13. The topological polar surface area (TPSA) is 43.0 Å². The van der Waals surface area contributed by atoms with E-state index >= 15 is 0 Å². The van der Waals surface area contributed by atoms with E-state index in [0.29, 0.717) is 0 Å². The molecule has 23 heavy (non-hydrogen) atoms. The molecular formula is C19H23N3O. The number of nitrogens with zero attached hydrogens (tertiary/aromatic N) is 3. The number of aliphatic hydroxyl groups is 1. The summed E-state index contributed by atoms with van der Waals surface area (Å²) in [5, 5.41) is 13.6. The van der Waals surface area contributed by atoms with Crippen molar-refractivity contribution in [1.82, 2.24) is 14.3 Å². The molecule has 4 heteroatoms. The number of aromatic nitrogens is 3. The van der Waals surface area contributed by atoms with Crippen molar-refractivity contribution in [2.45, 2.75) is 25.8 Å². The molecule has 1 atom stereocenters. The standard InChI is InChI=1S/C19H23N3O/c1-3-19(14-23)22-9-8-16(12-22)10-15-4-6-17(7-5-15)18-11-20-21(2)13-18/h4-9,11-13,19,23H,3,10,14H2,1-2H3. The van der Waals surface area contributed by atoms with Gasteiger partial charge in [-0.3, -0.25) is 4.68 Å². The van der Waals surface area contributed by atoms with Gasteiger partial charge in [0.25, 0.3) is 0 Å². The van der Waals surface area contributed by atoms with E-state index in [4.69, 9.17) is 0 Å². The predicted octanol–water partition coefficient (Wildman–Crippen LogP) is 3.42. The molecule has 0 saturated carbocycles. The van der Waals surface area contributed by atoms with Crippen LogP contribution in [0.3, 0.4) is 0 Å². The molecule has 1 unspecified atom stereocenters. The molecule has 0 aliphatic heterocycles. The van der Waals surface area contributed by atoms with Gasteiger partial charge in [0.15, 0.2) is 0 Å². The SMILES string of the molecule is CCC(CO)n1ccc(Cc2ccc(-c3cnn(C)c3)cc2)c1. The van der Waals surface area contributed by atoms with Gasteiger partial charge in [0.2, 0.25) is 0 Å². The summed E-state index contributed by atoms with van der Waals surface area (Å²) < 4.78 is 3.93. The average molecular weight is 309 g/mol. The summed E-state index contributed by atoms with van der Waals surface area (Å²) in [7, 11) is 1.93. The fraction of sp³-hybridized carbons (Fsp3) is 0.316. The van der Waals surface area contributed by atoms with Crippen molar-refractivity contribution in [1.29, 1.82) is 0 Å². The number of hydrogen-bond donors (Lipinski definition) is 1. The Balaban J connectivity index is 1.71. The average Bonchev–Trinajstić information content (AvgIpc) is 3.19. The second-order valence-electron chi connectivity index (χ2n) is 5.99. The quantitative estimate of drug-likeness (QED) is 0.758. The summed E-state index contributed by atoms with van der Waals surface area (Å²) >= 11 is 0. The minimum Gasteiger partial charge on any atom is -0.394 e. The Morgan fingerprint density at radius 1 is 1.04 bits per heavy atom. The third kappa shape index (κ3) is 3.54. The molecule has 0 saturated heterocycles. The first-order valence-corrected chi connectivity index (χ1v) is 8.04. The van der Waals surface area contributed by atoms with Crippen LogP contribution in [-0.4, -0.2) is 26.1 Å². The third-order valence-corrected chi connectivity index (χ3v) is 4.28. The van der Waals surface area contributed by atoms with E-state index in [9.17, 15) is 5.11 Å². The normalized spacial score (nSPS) is 12.5. The van der Waals surface area contributed by atoms with Crippen molar-refractivity contribution in [3.63, 3.8) is 0 Å². The van der Waals surface area contributed by atoms with Crippen LogP contribution in [0.15, 0.2) is 55.1 Å². The van der Waals surface area contributed by atoms with Crippen molar-refractivity contribution in [3.05, 3.63) is 66.2 Å². The fourth-order valence-corrected chi connectivity index (χ4v) is 2.85. The lowest BCUT2D eigenvalue weighted by Crippen LogP contribution is -2.09. The number of benzene rings is 1. The van der Waals surface area contributed by atoms with Crippen molar-refractivity contribution < 1.29 is 5.11 Å². The molecule has 1 N–H and O–H groups in total. The molecule has 120 valence electrons. The molecule has 3 rings (SSSR count). The van der Waals surface area contributed by atoms with E-state index < -0.39 is 0 Å². The van der Waals surface area contributed by atoms with Crippen LogP contribution in [0.25, 0.3) is 11.1 Å². The first kappa shape index (κ1) is 15.6. The highest BCUT2D eigenvalue weighted by molar-refractivity contribution is 5.62. The Hall–Kier alpha value is -2.33. The number of hydrogen-bond acceptors (Lipinski definition) is 2. The van der Waals surface area contributed by atoms with Gasteiger partial charge in [0, 0.05) is 31.2 Å². The van der Waals surface area contributed by atoms with Gasteiger partial charge in [0.1, 0.15) is 0 Å². The van der Waals surface area contributed by atoms with E-state index in [2.05, 4.69) is 59.3 Å². The number of aryl methyl sites for hydroxylation is 1. The molecule has 2 heterocycles. The first-order valence-electron chi connectivity index (χ1n) is 8.04.